The molecule has 2 rings (SSSR count). The third-order valence-electron chi connectivity index (χ3n) is 3.55. The van der Waals surface area contributed by atoms with Gasteiger partial charge < -0.3 is 9.84 Å². The van der Waals surface area contributed by atoms with Crippen LogP contribution in [0, 0.1) is 0 Å². The molecule has 1 unspecified atom stereocenters. The molecule has 112 valence electrons. The molecular weight excluding hydrogens is 260 g/mol. The molecule has 2 aromatic carbocycles. The number of ether oxygens (including phenoxy) is 1. The lowest BCUT2D eigenvalue weighted by atomic mass is 9.81. The predicted octanol–water partition coefficient (Wildman–Crippen LogP) is 4.46. The molecule has 0 aliphatic carbocycles. The van der Waals surface area contributed by atoms with Gasteiger partial charge in [0.1, 0.15) is 11.9 Å². The Morgan fingerprint density at radius 2 is 1.76 bits per heavy atom. The van der Waals surface area contributed by atoms with E-state index < -0.39 is 6.10 Å². The highest BCUT2D eigenvalue weighted by molar-refractivity contribution is 5.41. The van der Waals surface area contributed by atoms with E-state index in [4.69, 9.17) is 4.74 Å². The summed E-state index contributed by atoms with van der Waals surface area (Å²) in [5.41, 5.74) is 2.98. The van der Waals surface area contributed by atoms with Crippen LogP contribution >= 0.6 is 0 Å². The lowest BCUT2D eigenvalue weighted by Crippen LogP contribution is -2.16. The van der Waals surface area contributed by atoms with Crippen molar-refractivity contribution < 1.29 is 9.84 Å². The van der Waals surface area contributed by atoms with Gasteiger partial charge in [-0.1, -0.05) is 57.2 Å². The molecule has 0 bridgehead atoms. The third-order valence-corrected chi connectivity index (χ3v) is 3.55. The second-order valence-electron chi connectivity index (χ2n) is 6.25. The van der Waals surface area contributed by atoms with E-state index in [9.17, 15) is 5.11 Å². The van der Waals surface area contributed by atoms with Crippen molar-refractivity contribution in [2.45, 2.75) is 39.2 Å². The van der Waals surface area contributed by atoms with Crippen molar-refractivity contribution in [3.63, 3.8) is 0 Å². The van der Waals surface area contributed by atoms with E-state index >= 15 is 0 Å². The molecule has 0 amide bonds. The van der Waals surface area contributed by atoms with E-state index in [1.807, 2.05) is 49.4 Å². The van der Waals surface area contributed by atoms with Gasteiger partial charge in [0.25, 0.3) is 0 Å². The predicted molar refractivity (Wildman–Crippen MR) is 86.8 cm³/mol. The van der Waals surface area contributed by atoms with Gasteiger partial charge in [-0.25, -0.2) is 0 Å². The molecule has 0 aliphatic heterocycles. The molecular formula is C19H24O2. The summed E-state index contributed by atoms with van der Waals surface area (Å²) in [4.78, 5) is 0. The van der Waals surface area contributed by atoms with Crippen LogP contribution in [0.15, 0.2) is 48.5 Å². The van der Waals surface area contributed by atoms with Crippen molar-refractivity contribution in [2.75, 3.05) is 6.61 Å². The first-order valence-corrected chi connectivity index (χ1v) is 7.43. The van der Waals surface area contributed by atoms with Gasteiger partial charge in [0, 0.05) is 0 Å². The highest BCUT2D eigenvalue weighted by atomic mass is 16.5. The zero-order valence-electron chi connectivity index (χ0n) is 13.3. The maximum absolute atomic E-state index is 10.8. The molecule has 0 saturated heterocycles. The van der Waals surface area contributed by atoms with Crippen LogP contribution in [-0.4, -0.2) is 11.7 Å². The van der Waals surface area contributed by atoms with Gasteiger partial charge in [0.15, 0.2) is 0 Å². The lowest BCUT2D eigenvalue weighted by Gasteiger charge is -2.25. The average molecular weight is 284 g/mol. The normalized spacial score (nSPS) is 13.0. The number of hydrogen-bond donors (Lipinski definition) is 1. The molecule has 0 aliphatic rings. The standard InChI is InChI=1S/C19H24O2/c1-5-21-15-10-8-9-14(13-15)18(20)16-11-6-7-12-17(16)19(2,3)4/h6-13,18,20H,5H2,1-4H3. The highest BCUT2D eigenvalue weighted by Gasteiger charge is 2.22. The monoisotopic (exact) mass is 284 g/mol. The van der Waals surface area contributed by atoms with Crippen LogP contribution < -0.4 is 4.74 Å². The lowest BCUT2D eigenvalue weighted by molar-refractivity contribution is 0.216. The van der Waals surface area contributed by atoms with Crippen LogP contribution in [0.25, 0.3) is 0 Å². The first-order valence-electron chi connectivity index (χ1n) is 7.43. The van der Waals surface area contributed by atoms with Gasteiger partial charge in [-0.3, -0.25) is 0 Å². The zero-order chi connectivity index (χ0) is 15.5. The summed E-state index contributed by atoms with van der Waals surface area (Å²) < 4.78 is 5.52. The SMILES string of the molecule is CCOc1cccc(C(O)c2ccccc2C(C)(C)C)c1. The Bertz CT molecular complexity index is 597. The molecule has 0 radical (unpaired) electrons. The summed E-state index contributed by atoms with van der Waals surface area (Å²) in [6.45, 7) is 9.07. The molecule has 1 N–H and O–H groups in total. The molecule has 0 spiro atoms. The Hall–Kier alpha value is -1.80. The fourth-order valence-corrected chi connectivity index (χ4v) is 2.54. The molecule has 2 aromatic rings. The van der Waals surface area contributed by atoms with Crippen molar-refractivity contribution in [1.29, 1.82) is 0 Å². The first-order chi connectivity index (χ1) is 9.93. The number of benzene rings is 2. The summed E-state index contributed by atoms with van der Waals surface area (Å²) in [5.74, 6) is 0.794. The Balaban J connectivity index is 2.41. The smallest absolute Gasteiger partial charge is 0.119 e. The second-order valence-corrected chi connectivity index (χ2v) is 6.25. The average Bonchev–Trinajstić information content (AvgIpc) is 2.46. The van der Waals surface area contributed by atoms with E-state index in [0.717, 1.165) is 16.9 Å². The molecule has 2 nitrogen and oxygen atoms in total. The quantitative estimate of drug-likeness (QED) is 0.898. The molecule has 1 atom stereocenters. The van der Waals surface area contributed by atoms with Gasteiger partial charge in [-0.2, -0.15) is 0 Å². The first kappa shape index (κ1) is 15.6. The van der Waals surface area contributed by atoms with Crippen LogP contribution in [0.2, 0.25) is 0 Å². The Morgan fingerprint density at radius 1 is 1.05 bits per heavy atom. The van der Waals surface area contributed by atoms with Crippen LogP contribution in [-0.2, 0) is 5.41 Å². The summed E-state index contributed by atoms with van der Waals surface area (Å²) in [5, 5.41) is 10.8. The Morgan fingerprint density at radius 3 is 2.43 bits per heavy atom. The van der Waals surface area contributed by atoms with Gasteiger partial charge in [-0.05, 0) is 41.2 Å². The van der Waals surface area contributed by atoms with Gasteiger partial charge in [-0.15, -0.1) is 0 Å². The summed E-state index contributed by atoms with van der Waals surface area (Å²) in [6.07, 6.45) is -0.638. The van der Waals surface area contributed by atoms with Crippen molar-refractivity contribution >= 4 is 0 Å². The van der Waals surface area contributed by atoms with E-state index in [1.54, 1.807) is 0 Å². The van der Waals surface area contributed by atoms with Gasteiger partial charge in [0.2, 0.25) is 0 Å². The van der Waals surface area contributed by atoms with E-state index in [0.29, 0.717) is 6.61 Å². The fourth-order valence-electron chi connectivity index (χ4n) is 2.54. The van der Waals surface area contributed by atoms with Crippen LogP contribution in [0.5, 0.6) is 5.75 Å². The van der Waals surface area contributed by atoms with Crippen molar-refractivity contribution in [1.82, 2.24) is 0 Å². The van der Waals surface area contributed by atoms with Crippen LogP contribution in [0.1, 0.15) is 50.5 Å². The maximum atomic E-state index is 10.8. The number of aliphatic hydroxyl groups is 1. The maximum Gasteiger partial charge on any atom is 0.119 e. The van der Waals surface area contributed by atoms with Crippen molar-refractivity contribution in [3.05, 3.63) is 65.2 Å². The molecule has 21 heavy (non-hydrogen) atoms. The minimum Gasteiger partial charge on any atom is -0.494 e. The highest BCUT2D eigenvalue weighted by Crippen LogP contribution is 2.33. The zero-order valence-corrected chi connectivity index (χ0v) is 13.3. The number of aliphatic hydroxyl groups excluding tert-OH is 1. The molecule has 0 heterocycles. The summed E-state index contributed by atoms with van der Waals surface area (Å²) in [7, 11) is 0. The summed E-state index contributed by atoms with van der Waals surface area (Å²) in [6, 6.07) is 15.8. The van der Waals surface area contributed by atoms with Gasteiger partial charge in [0.05, 0.1) is 6.61 Å². The number of rotatable bonds is 4. The topological polar surface area (TPSA) is 29.5 Å². The van der Waals surface area contributed by atoms with Crippen LogP contribution in [0.3, 0.4) is 0 Å². The van der Waals surface area contributed by atoms with E-state index in [1.165, 1.54) is 5.56 Å². The molecule has 0 fully saturated rings. The molecule has 2 heteroatoms. The Kier molecular flexibility index (Phi) is 4.69. The van der Waals surface area contributed by atoms with Gasteiger partial charge >= 0.3 is 0 Å². The van der Waals surface area contributed by atoms with Crippen LogP contribution in [0.4, 0.5) is 0 Å². The second kappa shape index (κ2) is 6.31. The van der Waals surface area contributed by atoms with E-state index in [-0.39, 0.29) is 5.41 Å². The largest absolute Gasteiger partial charge is 0.494 e. The fraction of sp³-hybridized carbons (Fsp3) is 0.368. The molecule has 0 aromatic heterocycles. The minimum absolute atomic E-state index is 0.00486. The molecule has 0 saturated carbocycles. The Labute approximate surface area is 127 Å². The number of hydrogen-bond acceptors (Lipinski definition) is 2. The minimum atomic E-state index is -0.638. The third kappa shape index (κ3) is 3.64. The van der Waals surface area contributed by atoms with Crippen molar-refractivity contribution in [3.8, 4) is 5.75 Å². The van der Waals surface area contributed by atoms with E-state index in [2.05, 4.69) is 26.8 Å². The van der Waals surface area contributed by atoms with Crippen molar-refractivity contribution in [2.24, 2.45) is 0 Å². The summed E-state index contributed by atoms with van der Waals surface area (Å²) >= 11 is 0.